The van der Waals surface area contributed by atoms with Gasteiger partial charge < -0.3 is 10.2 Å². The zero-order valence-corrected chi connectivity index (χ0v) is 14.2. The van der Waals surface area contributed by atoms with Crippen molar-refractivity contribution in [1.29, 1.82) is 0 Å². The van der Waals surface area contributed by atoms with E-state index in [1.807, 2.05) is 4.90 Å². The zero-order chi connectivity index (χ0) is 17.8. The molecule has 2 aromatic carbocycles. The van der Waals surface area contributed by atoms with E-state index >= 15 is 0 Å². The van der Waals surface area contributed by atoms with Gasteiger partial charge in [-0.15, -0.1) is 0 Å². The number of rotatable bonds is 3. The minimum atomic E-state index is -0.360. The quantitative estimate of drug-likeness (QED) is 0.920. The Morgan fingerprint density at radius 2 is 1.84 bits per heavy atom. The number of carbonyl (C=O) groups excluding carboxylic acids is 2. The van der Waals surface area contributed by atoms with Gasteiger partial charge in [-0.25, -0.2) is 4.39 Å². The SMILES string of the molecule is CC1CCCN(C(=O)c2cccc(C(=O)Nc3ccc(F)cc3)c2)C1. The van der Waals surface area contributed by atoms with Crippen molar-refractivity contribution in [2.45, 2.75) is 19.8 Å². The Morgan fingerprint density at radius 1 is 1.12 bits per heavy atom. The second kappa shape index (κ2) is 7.47. The number of carbonyl (C=O) groups is 2. The van der Waals surface area contributed by atoms with E-state index in [0.717, 1.165) is 25.9 Å². The number of anilines is 1. The van der Waals surface area contributed by atoms with Crippen LogP contribution >= 0.6 is 0 Å². The molecule has 3 rings (SSSR count). The lowest BCUT2D eigenvalue weighted by molar-refractivity contribution is 0.0683. The van der Waals surface area contributed by atoms with E-state index in [-0.39, 0.29) is 17.6 Å². The molecular weight excluding hydrogens is 319 g/mol. The molecule has 1 saturated heterocycles. The average molecular weight is 340 g/mol. The number of benzene rings is 2. The molecule has 4 nitrogen and oxygen atoms in total. The highest BCUT2D eigenvalue weighted by atomic mass is 19.1. The third-order valence-electron chi connectivity index (χ3n) is 4.42. The van der Waals surface area contributed by atoms with Crippen molar-refractivity contribution < 1.29 is 14.0 Å². The monoisotopic (exact) mass is 340 g/mol. The molecule has 0 spiro atoms. The molecule has 5 heteroatoms. The van der Waals surface area contributed by atoms with Gasteiger partial charge in [0.2, 0.25) is 0 Å². The first kappa shape index (κ1) is 17.1. The fraction of sp³-hybridized carbons (Fsp3) is 0.300. The number of nitrogens with zero attached hydrogens (tertiary/aromatic N) is 1. The summed E-state index contributed by atoms with van der Waals surface area (Å²) in [6.07, 6.45) is 2.15. The van der Waals surface area contributed by atoms with E-state index < -0.39 is 0 Å². The van der Waals surface area contributed by atoms with Crippen LogP contribution in [0.15, 0.2) is 48.5 Å². The van der Waals surface area contributed by atoms with Crippen molar-refractivity contribution in [1.82, 2.24) is 4.90 Å². The molecule has 1 unspecified atom stereocenters. The number of piperidine rings is 1. The van der Waals surface area contributed by atoms with Crippen molar-refractivity contribution in [2.75, 3.05) is 18.4 Å². The number of nitrogens with one attached hydrogen (secondary N) is 1. The number of amides is 2. The van der Waals surface area contributed by atoms with E-state index in [4.69, 9.17) is 0 Å². The summed E-state index contributed by atoms with van der Waals surface area (Å²) in [5.74, 6) is -0.222. The lowest BCUT2D eigenvalue weighted by Crippen LogP contribution is -2.39. The summed E-state index contributed by atoms with van der Waals surface area (Å²) >= 11 is 0. The third kappa shape index (κ3) is 4.24. The average Bonchev–Trinajstić information content (AvgIpc) is 2.63. The fourth-order valence-electron chi connectivity index (χ4n) is 3.09. The molecule has 0 saturated carbocycles. The lowest BCUT2D eigenvalue weighted by atomic mass is 9.99. The smallest absolute Gasteiger partial charge is 0.255 e. The third-order valence-corrected chi connectivity index (χ3v) is 4.42. The molecule has 1 fully saturated rings. The number of hydrogen-bond acceptors (Lipinski definition) is 2. The first-order chi connectivity index (χ1) is 12.0. The highest BCUT2D eigenvalue weighted by Crippen LogP contribution is 2.19. The van der Waals surface area contributed by atoms with Gasteiger partial charge in [0.05, 0.1) is 0 Å². The van der Waals surface area contributed by atoms with Crippen molar-refractivity contribution >= 4 is 17.5 Å². The van der Waals surface area contributed by atoms with Crippen LogP contribution in [0.2, 0.25) is 0 Å². The number of likely N-dealkylation sites (tertiary alicyclic amines) is 1. The summed E-state index contributed by atoms with van der Waals surface area (Å²) in [5.41, 5.74) is 1.43. The van der Waals surface area contributed by atoms with Crippen molar-refractivity contribution in [2.24, 2.45) is 5.92 Å². The Labute approximate surface area is 146 Å². The van der Waals surface area contributed by atoms with Gasteiger partial charge in [-0.2, -0.15) is 0 Å². The van der Waals surface area contributed by atoms with Crippen LogP contribution in [0.4, 0.5) is 10.1 Å². The van der Waals surface area contributed by atoms with Gasteiger partial charge in [-0.1, -0.05) is 13.0 Å². The highest BCUT2D eigenvalue weighted by molar-refractivity contribution is 6.06. The van der Waals surface area contributed by atoms with E-state index in [1.54, 1.807) is 24.3 Å². The van der Waals surface area contributed by atoms with Crippen LogP contribution in [-0.4, -0.2) is 29.8 Å². The summed E-state index contributed by atoms with van der Waals surface area (Å²) in [5, 5.41) is 2.71. The Hall–Kier alpha value is -2.69. The molecular formula is C20H21FN2O2. The molecule has 0 radical (unpaired) electrons. The summed E-state index contributed by atoms with van der Waals surface area (Å²) in [7, 11) is 0. The predicted octanol–water partition coefficient (Wildman–Crippen LogP) is 3.95. The molecule has 2 aromatic rings. The van der Waals surface area contributed by atoms with Crippen LogP contribution in [0.5, 0.6) is 0 Å². The van der Waals surface area contributed by atoms with E-state index in [0.29, 0.717) is 22.7 Å². The van der Waals surface area contributed by atoms with Crippen molar-refractivity contribution in [3.05, 3.63) is 65.5 Å². The second-order valence-corrected chi connectivity index (χ2v) is 6.54. The normalized spacial score (nSPS) is 17.2. The van der Waals surface area contributed by atoms with Crippen LogP contribution in [0.3, 0.4) is 0 Å². The van der Waals surface area contributed by atoms with Crippen LogP contribution in [0, 0.1) is 11.7 Å². The molecule has 1 heterocycles. The second-order valence-electron chi connectivity index (χ2n) is 6.54. The van der Waals surface area contributed by atoms with Crippen LogP contribution in [0.1, 0.15) is 40.5 Å². The molecule has 1 N–H and O–H groups in total. The van der Waals surface area contributed by atoms with Gasteiger partial charge in [0.25, 0.3) is 11.8 Å². The molecule has 25 heavy (non-hydrogen) atoms. The van der Waals surface area contributed by atoms with Crippen molar-refractivity contribution in [3.63, 3.8) is 0 Å². The fourth-order valence-corrected chi connectivity index (χ4v) is 3.09. The molecule has 0 aliphatic carbocycles. The van der Waals surface area contributed by atoms with Gasteiger partial charge >= 0.3 is 0 Å². The molecule has 1 aliphatic rings. The van der Waals surface area contributed by atoms with Gasteiger partial charge in [0.1, 0.15) is 5.82 Å². The van der Waals surface area contributed by atoms with E-state index in [9.17, 15) is 14.0 Å². The van der Waals surface area contributed by atoms with Gasteiger partial charge in [-0.3, -0.25) is 9.59 Å². The zero-order valence-electron chi connectivity index (χ0n) is 14.2. The predicted molar refractivity (Wildman–Crippen MR) is 95.1 cm³/mol. The molecule has 1 aliphatic heterocycles. The molecule has 1 atom stereocenters. The lowest BCUT2D eigenvalue weighted by Gasteiger charge is -2.31. The Balaban J connectivity index is 1.73. The van der Waals surface area contributed by atoms with E-state index in [2.05, 4.69) is 12.2 Å². The first-order valence-corrected chi connectivity index (χ1v) is 8.49. The topological polar surface area (TPSA) is 49.4 Å². The molecule has 2 amide bonds. The minimum Gasteiger partial charge on any atom is -0.338 e. The first-order valence-electron chi connectivity index (χ1n) is 8.49. The summed E-state index contributed by atoms with van der Waals surface area (Å²) in [6.45, 7) is 3.66. The maximum absolute atomic E-state index is 12.9. The minimum absolute atomic E-state index is 0.0389. The number of hydrogen-bond donors (Lipinski definition) is 1. The molecule has 0 aromatic heterocycles. The van der Waals surface area contributed by atoms with E-state index in [1.165, 1.54) is 24.3 Å². The largest absolute Gasteiger partial charge is 0.338 e. The Bertz CT molecular complexity index is 774. The van der Waals surface area contributed by atoms with Gasteiger partial charge in [0, 0.05) is 29.9 Å². The highest BCUT2D eigenvalue weighted by Gasteiger charge is 2.22. The van der Waals surface area contributed by atoms with Crippen molar-refractivity contribution in [3.8, 4) is 0 Å². The number of halogens is 1. The van der Waals surface area contributed by atoms with Crippen LogP contribution < -0.4 is 5.32 Å². The molecule has 0 bridgehead atoms. The van der Waals surface area contributed by atoms with Crippen LogP contribution in [0.25, 0.3) is 0 Å². The van der Waals surface area contributed by atoms with Crippen LogP contribution in [-0.2, 0) is 0 Å². The molecule has 130 valence electrons. The Morgan fingerprint density at radius 3 is 2.56 bits per heavy atom. The summed E-state index contributed by atoms with van der Waals surface area (Å²) < 4.78 is 12.9. The Kier molecular flexibility index (Phi) is 5.12. The summed E-state index contributed by atoms with van der Waals surface area (Å²) in [6, 6.07) is 12.3. The maximum atomic E-state index is 12.9. The van der Waals surface area contributed by atoms with Gasteiger partial charge in [-0.05, 0) is 61.2 Å². The standard InChI is InChI=1S/C20H21FN2O2/c1-14-4-3-11-23(13-14)20(25)16-6-2-5-15(12-16)19(24)22-18-9-7-17(21)8-10-18/h2,5-10,12,14H,3-4,11,13H2,1H3,(H,22,24). The van der Waals surface area contributed by atoms with Gasteiger partial charge in [0.15, 0.2) is 0 Å². The summed E-state index contributed by atoms with van der Waals surface area (Å²) in [4.78, 5) is 26.9. The maximum Gasteiger partial charge on any atom is 0.255 e.